The van der Waals surface area contributed by atoms with Crippen molar-refractivity contribution < 1.29 is 14.3 Å². The molecule has 5 heteroatoms. The molecule has 1 aliphatic rings. The number of hydrogen-bond donors (Lipinski definition) is 2. The van der Waals surface area contributed by atoms with Gasteiger partial charge in [0.2, 0.25) is 0 Å². The normalized spacial score (nSPS) is 18.2. The van der Waals surface area contributed by atoms with Crippen molar-refractivity contribution >= 4 is 11.8 Å². The van der Waals surface area contributed by atoms with E-state index in [0.29, 0.717) is 0 Å². The molecule has 1 aliphatic carbocycles. The zero-order valence-corrected chi connectivity index (χ0v) is 17.5. The number of methoxy groups -OCH3 is 1. The molecule has 2 amide bonds. The summed E-state index contributed by atoms with van der Waals surface area (Å²) in [7, 11) is 1.62. The van der Waals surface area contributed by atoms with Crippen molar-refractivity contribution in [1.29, 1.82) is 0 Å². The Kier molecular flexibility index (Phi) is 9.87. The predicted octanol–water partition coefficient (Wildman–Crippen LogP) is 4.66. The second-order valence-electron chi connectivity index (χ2n) is 7.90. The first kappa shape index (κ1) is 22.3. The molecule has 1 aromatic rings. The third-order valence-electron chi connectivity index (χ3n) is 5.61. The molecule has 0 spiro atoms. The van der Waals surface area contributed by atoms with E-state index in [-0.39, 0.29) is 12.1 Å². The number of ether oxygens (including phenoxy) is 1. The Hall–Kier alpha value is -2.04. The molecular weight excluding hydrogens is 352 g/mol. The van der Waals surface area contributed by atoms with Gasteiger partial charge < -0.3 is 15.4 Å². The number of amides is 2. The van der Waals surface area contributed by atoms with Crippen LogP contribution in [-0.2, 0) is 9.59 Å². The largest absolute Gasteiger partial charge is 0.497 e. The molecule has 1 saturated carbocycles. The van der Waals surface area contributed by atoms with E-state index in [9.17, 15) is 9.59 Å². The average molecular weight is 389 g/mol. The summed E-state index contributed by atoms with van der Waals surface area (Å²) in [5, 5.41) is 5.77. The zero-order valence-electron chi connectivity index (χ0n) is 17.5. The molecule has 0 radical (unpaired) electrons. The van der Waals surface area contributed by atoms with Gasteiger partial charge in [-0.1, -0.05) is 69.9 Å². The molecular formula is C23H36N2O3. The molecule has 0 aromatic heterocycles. The van der Waals surface area contributed by atoms with Gasteiger partial charge in [-0.2, -0.15) is 0 Å². The lowest BCUT2D eigenvalue weighted by molar-refractivity contribution is -0.140. The second-order valence-corrected chi connectivity index (χ2v) is 7.90. The van der Waals surface area contributed by atoms with Crippen molar-refractivity contribution in [3.05, 3.63) is 29.8 Å². The minimum Gasteiger partial charge on any atom is -0.497 e. The Bertz CT molecular complexity index is 588. The van der Waals surface area contributed by atoms with E-state index in [1.165, 1.54) is 44.9 Å². The first-order valence-corrected chi connectivity index (χ1v) is 10.9. The van der Waals surface area contributed by atoms with E-state index in [4.69, 9.17) is 4.74 Å². The van der Waals surface area contributed by atoms with Gasteiger partial charge in [-0.3, -0.25) is 9.59 Å². The van der Waals surface area contributed by atoms with Crippen LogP contribution in [-0.4, -0.2) is 25.0 Å². The van der Waals surface area contributed by atoms with Crippen LogP contribution in [0.3, 0.4) is 0 Å². The Labute approximate surface area is 169 Å². The fourth-order valence-corrected chi connectivity index (χ4v) is 3.80. The molecule has 28 heavy (non-hydrogen) atoms. The predicted molar refractivity (Wildman–Crippen MR) is 112 cm³/mol. The summed E-state index contributed by atoms with van der Waals surface area (Å²) in [4.78, 5) is 24.8. The zero-order chi connectivity index (χ0) is 20.2. The van der Waals surface area contributed by atoms with Crippen LogP contribution in [0.1, 0.15) is 89.2 Å². The SMILES string of the molecule is COc1ccc(C(C)NC(=O)C(=O)NC2CCCCCCCCCCC2)cc1. The van der Waals surface area contributed by atoms with Crippen LogP contribution in [0.25, 0.3) is 0 Å². The van der Waals surface area contributed by atoms with Gasteiger partial charge in [0.25, 0.3) is 0 Å². The molecule has 0 aliphatic heterocycles. The number of hydrogen-bond acceptors (Lipinski definition) is 3. The number of carbonyl (C=O) groups is 2. The second kappa shape index (κ2) is 12.4. The monoisotopic (exact) mass is 388 g/mol. The Morgan fingerprint density at radius 2 is 1.36 bits per heavy atom. The molecule has 156 valence electrons. The van der Waals surface area contributed by atoms with Crippen molar-refractivity contribution in [3.8, 4) is 5.75 Å². The van der Waals surface area contributed by atoms with E-state index >= 15 is 0 Å². The van der Waals surface area contributed by atoms with Crippen LogP contribution in [0.5, 0.6) is 5.75 Å². The highest BCUT2D eigenvalue weighted by Crippen LogP contribution is 2.18. The average Bonchev–Trinajstić information content (AvgIpc) is 2.70. The maximum atomic E-state index is 12.4. The van der Waals surface area contributed by atoms with Crippen molar-refractivity contribution in [2.75, 3.05) is 7.11 Å². The molecule has 1 unspecified atom stereocenters. The van der Waals surface area contributed by atoms with Crippen molar-refractivity contribution in [3.63, 3.8) is 0 Å². The van der Waals surface area contributed by atoms with Crippen LogP contribution in [0, 0.1) is 0 Å². The third kappa shape index (κ3) is 7.91. The number of rotatable bonds is 4. The summed E-state index contributed by atoms with van der Waals surface area (Å²) >= 11 is 0. The third-order valence-corrected chi connectivity index (χ3v) is 5.61. The van der Waals surface area contributed by atoms with Gasteiger partial charge in [-0.15, -0.1) is 0 Å². The maximum absolute atomic E-state index is 12.4. The van der Waals surface area contributed by atoms with Crippen LogP contribution < -0.4 is 15.4 Å². The van der Waals surface area contributed by atoms with E-state index in [2.05, 4.69) is 10.6 Å². The molecule has 2 N–H and O–H groups in total. The van der Waals surface area contributed by atoms with E-state index in [1.807, 2.05) is 31.2 Å². The van der Waals surface area contributed by atoms with Gasteiger partial charge >= 0.3 is 11.8 Å². The summed E-state index contributed by atoms with van der Waals surface area (Å²) in [6.07, 6.45) is 13.2. The lowest BCUT2D eigenvalue weighted by atomic mass is 9.98. The minimum absolute atomic E-state index is 0.106. The molecule has 1 fully saturated rings. The van der Waals surface area contributed by atoms with Gasteiger partial charge in [-0.05, 0) is 37.5 Å². The summed E-state index contributed by atoms with van der Waals surface area (Å²) < 4.78 is 5.15. The molecule has 0 bridgehead atoms. The smallest absolute Gasteiger partial charge is 0.309 e. The Morgan fingerprint density at radius 3 is 1.86 bits per heavy atom. The van der Waals surface area contributed by atoms with Crippen molar-refractivity contribution in [2.24, 2.45) is 0 Å². The molecule has 5 nitrogen and oxygen atoms in total. The van der Waals surface area contributed by atoms with Crippen molar-refractivity contribution in [1.82, 2.24) is 10.6 Å². The van der Waals surface area contributed by atoms with Crippen LogP contribution in [0.2, 0.25) is 0 Å². The van der Waals surface area contributed by atoms with Crippen LogP contribution in [0.4, 0.5) is 0 Å². The van der Waals surface area contributed by atoms with Gasteiger partial charge in [0.1, 0.15) is 5.75 Å². The molecule has 0 heterocycles. The summed E-state index contributed by atoms with van der Waals surface area (Å²) in [5.74, 6) is -0.311. The fraction of sp³-hybridized carbons (Fsp3) is 0.652. The first-order valence-electron chi connectivity index (χ1n) is 10.9. The van der Waals surface area contributed by atoms with Crippen molar-refractivity contribution in [2.45, 2.75) is 89.6 Å². The molecule has 2 rings (SSSR count). The number of carbonyl (C=O) groups excluding carboxylic acids is 2. The molecule has 0 saturated heterocycles. The summed E-state index contributed by atoms with van der Waals surface area (Å²) in [6, 6.07) is 7.36. The number of benzene rings is 1. The van der Waals surface area contributed by atoms with Gasteiger partial charge in [0, 0.05) is 6.04 Å². The van der Waals surface area contributed by atoms with Crippen LogP contribution in [0.15, 0.2) is 24.3 Å². The Morgan fingerprint density at radius 1 is 0.857 bits per heavy atom. The maximum Gasteiger partial charge on any atom is 0.309 e. The highest BCUT2D eigenvalue weighted by atomic mass is 16.5. The number of nitrogens with one attached hydrogen (secondary N) is 2. The summed E-state index contributed by atoms with van der Waals surface area (Å²) in [6.45, 7) is 1.88. The highest BCUT2D eigenvalue weighted by molar-refractivity contribution is 6.35. The lowest BCUT2D eigenvalue weighted by Gasteiger charge is -2.20. The van der Waals surface area contributed by atoms with Gasteiger partial charge in [-0.25, -0.2) is 0 Å². The first-order chi connectivity index (χ1) is 13.6. The van der Waals surface area contributed by atoms with E-state index < -0.39 is 11.8 Å². The van der Waals surface area contributed by atoms with E-state index in [1.54, 1.807) is 7.11 Å². The Balaban J connectivity index is 1.83. The fourth-order valence-electron chi connectivity index (χ4n) is 3.80. The summed E-state index contributed by atoms with van der Waals surface area (Å²) in [5.41, 5.74) is 0.938. The van der Waals surface area contributed by atoms with Gasteiger partial charge in [0.15, 0.2) is 0 Å². The standard InChI is InChI=1S/C23H36N2O3/c1-18(19-14-16-21(28-2)17-15-19)24-22(26)23(27)25-20-12-10-8-6-4-3-5-7-9-11-13-20/h14-18,20H,3-13H2,1-2H3,(H,24,26)(H,25,27). The highest BCUT2D eigenvalue weighted by Gasteiger charge is 2.20. The van der Waals surface area contributed by atoms with Crippen LogP contribution >= 0.6 is 0 Å². The van der Waals surface area contributed by atoms with E-state index in [0.717, 1.165) is 37.0 Å². The lowest BCUT2D eigenvalue weighted by Crippen LogP contribution is -2.45. The molecule has 1 aromatic carbocycles. The molecule has 1 atom stereocenters. The quantitative estimate of drug-likeness (QED) is 0.737. The minimum atomic E-state index is -0.561. The topological polar surface area (TPSA) is 67.4 Å². The van der Waals surface area contributed by atoms with Gasteiger partial charge in [0.05, 0.1) is 13.2 Å².